The van der Waals surface area contributed by atoms with E-state index in [1.54, 1.807) is 0 Å². The second-order valence-electron chi connectivity index (χ2n) is 0.695. The zero-order chi connectivity index (χ0) is 4.12. The third kappa shape index (κ3) is 9.13. The molecule has 1 radical (unpaired) electrons. The molecule has 0 aromatic carbocycles. The number of rotatable bonds is 2. The van der Waals surface area contributed by atoms with E-state index in [4.69, 9.17) is 8.23 Å². The Labute approximate surface area is 68.4 Å². The van der Waals surface area contributed by atoms with Crippen molar-refractivity contribution in [3.63, 3.8) is 0 Å². The largest absolute Gasteiger partial charge is 0.449 e. The number of hydrogen-bond acceptors (Lipinski definition) is 2. The summed E-state index contributed by atoms with van der Waals surface area (Å²) in [5, 5.41) is 0. The average Bonchev–Trinajstić information content (AvgIpc) is 1.41. The van der Waals surface area contributed by atoms with Crippen molar-refractivity contribution in [2.24, 2.45) is 0 Å². The zero-order valence-electron chi connectivity index (χ0n) is 4.52. The van der Waals surface area contributed by atoms with Gasteiger partial charge in [0.05, 0.1) is 0 Å². The molecule has 0 amide bonds. The Morgan fingerprint density at radius 3 is 1.50 bits per heavy atom. The van der Waals surface area contributed by atoms with Crippen molar-refractivity contribution in [3.05, 3.63) is 0 Å². The summed E-state index contributed by atoms with van der Waals surface area (Å²) in [5.41, 5.74) is 0. The fraction of sp³-hybridized carbons (Fsp3) is 0. The minimum absolute atomic E-state index is 0. The van der Waals surface area contributed by atoms with E-state index < -0.39 is 10.0 Å². The first-order valence-electron chi connectivity index (χ1n) is 1.39. The molecule has 0 unspecified atom stereocenters. The van der Waals surface area contributed by atoms with Crippen LogP contribution < -0.4 is 0 Å². The van der Waals surface area contributed by atoms with Crippen molar-refractivity contribution in [2.75, 3.05) is 0 Å². The van der Waals surface area contributed by atoms with Gasteiger partial charge in [-0.25, -0.2) is 0 Å². The van der Waals surface area contributed by atoms with E-state index in [-0.39, 0.29) is 29.6 Å². The topological polar surface area (TPSA) is 18.5 Å². The minimum atomic E-state index is -0.444. The Bertz CT molecular complexity index is 16.3. The van der Waals surface area contributed by atoms with Crippen LogP contribution in [0.1, 0.15) is 0 Å². The third-order valence-electron chi connectivity index (χ3n) is 0.236. The van der Waals surface area contributed by atoms with E-state index in [0.29, 0.717) is 0 Å². The SMILES string of the molecule is [Na].[SiH3]O[SiH2]O[SiH3]. The summed E-state index contributed by atoms with van der Waals surface area (Å²) in [6.07, 6.45) is 0. The van der Waals surface area contributed by atoms with Gasteiger partial charge < -0.3 is 8.23 Å². The van der Waals surface area contributed by atoms with Gasteiger partial charge in [0.15, 0.2) is 0 Å². The molecule has 6 heteroatoms. The molecule has 0 aliphatic carbocycles. The molecule has 2 nitrogen and oxygen atoms in total. The second-order valence-corrected chi connectivity index (χ2v) is 5.55. The molecule has 0 fully saturated rings. The van der Waals surface area contributed by atoms with Gasteiger partial charge in [0.25, 0.3) is 10.0 Å². The van der Waals surface area contributed by atoms with Crippen molar-refractivity contribution in [1.82, 2.24) is 0 Å². The summed E-state index contributed by atoms with van der Waals surface area (Å²) < 4.78 is 9.56. The maximum Gasteiger partial charge on any atom is 0.282 e. The molecule has 0 aliphatic heterocycles. The van der Waals surface area contributed by atoms with Gasteiger partial charge in [-0.15, -0.1) is 0 Å². The van der Waals surface area contributed by atoms with Gasteiger partial charge in [0.1, 0.15) is 21.0 Å². The smallest absolute Gasteiger partial charge is 0.282 e. The molecule has 33 valence electrons. The molecule has 0 aromatic heterocycles. The van der Waals surface area contributed by atoms with Gasteiger partial charge in [-0.1, -0.05) is 0 Å². The van der Waals surface area contributed by atoms with Crippen LogP contribution in [-0.4, -0.2) is 60.5 Å². The predicted octanol–water partition coefficient (Wildman–Crippen LogP) is -3.80. The molecular formula is H8NaO2Si3. The maximum absolute atomic E-state index is 4.78. The van der Waals surface area contributed by atoms with E-state index in [0.717, 1.165) is 21.0 Å². The molecule has 0 aliphatic rings. The van der Waals surface area contributed by atoms with Gasteiger partial charge >= 0.3 is 0 Å². The van der Waals surface area contributed by atoms with Crippen LogP contribution in [0.3, 0.4) is 0 Å². The average molecular weight is 147 g/mol. The normalized spacial score (nSPS) is 10.0. The summed E-state index contributed by atoms with van der Waals surface area (Å²) in [7, 11) is 1.27. The second kappa shape index (κ2) is 9.76. The zero-order valence-corrected chi connectivity index (χ0v) is 11.9. The molecule has 0 N–H and O–H groups in total. The van der Waals surface area contributed by atoms with Crippen LogP contribution in [0.5, 0.6) is 0 Å². The van der Waals surface area contributed by atoms with Crippen molar-refractivity contribution >= 4 is 60.5 Å². The summed E-state index contributed by atoms with van der Waals surface area (Å²) in [4.78, 5) is 0. The van der Waals surface area contributed by atoms with Crippen LogP contribution in [-0.2, 0) is 8.23 Å². The molecule has 0 spiro atoms. The summed E-state index contributed by atoms with van der Waals surface area (Å²) >= 11 is 0. The van der Waals surface area contributed by atoms with Gasteiger partial charge in [0.2, 0.25) is 0 Å². The molecule has 6 heavy (non-hydrogen) atoms. The standard InChI is InChI=1S/Na.H8O2Si3/c;3-1-5-2-4/h;5H2,3-4H3. The molecule has 0 aromatic rings. The summed E-state index contributed by atoms with van der Waals surface area (Å²) in [5.74, 6) is 0. The third-order valence-corrected chi connectivity index (χ3v) is 2.12. The van der Waals surface area contributed by atoms with Crippen molar-refractivity contribution in [3.8, 4) is 0 Å². The Balaban J connectivity index is 0. The first-order chi connectivity index (χ1) is 2.41. The van der Waals surface area contributed by atoms with Crippen molar-refractivity contribution in [1.29, 1.82) is 0 Å². The molecule has 0 atom stereocenters. The van der Waals surface area contributed by atoms with Crippen LogP contribution >= 0.6 is 0 Å². The first kappa shape index (κ1) is 10.5. The summed E-state index contributed by atoms with van der Waals surface area (Å²) in [6, 6.07) is 0. The fourth-order valence-electron chi connectivity index (χ4n) is 0.118. The van der Waals surface area contributed by atoms with E-state index in [1.165, 1.54) is 0 Å². The monoisotopic (exact) mass is 147 g/mol. The predicted molar refractivity (Wildman–Crippen MR) is 36.3 cm³/mol. The van der Waals surface area contributed by atoms with Crippen molar-refractivity contribution < 1.29 is 8.23 Å². The van der Waals surface area contributed by atoms with Crippen LogP contribution in [0.15, 0.2) is 0 Å². The Morgan fingerprint density at radius 1 is 1.17 bits per heavy atom. The van der Waals surface area contributed by atoms with E-state index >= 15 is 0 Å². The quantitative estimate of drug-likeness (QED) is 0.373. The summed E-state index contributed by atoms with van der Waals surface area (Å²) in [6.45, 7) is 0. The first-order valence-corrected chi connectivity index (χ1v) is 4.18. The van der Waals surface area contributed by atoms with Crippen LogP contribution in [0.2, 0.25) is 0 Å². The fourth-order valence-corrected chi connectivity index (χ4v) is 3.18. The molecule has 0 saturated heterocycles. The molecule has 0 heterocycles. The van der Waals surface area contributed by atoms with Crippen LogP contribution in [0.4, 0.5) is 0 Å². The Morgan fingerprint density at radius 2 is 1.50 bits per heavy atom. The van der Waals surface area contributed by atoms with E-state index in [2.05, 4.69) is 0 Å². The maximum atomic E-state index is 4.78. The van der Waals surface area contributed by atoms with Gasteiger partial charge in [-0.3, -0.25) is 0 Å². The minimum Gasteiger partial charge on any atom is -0.449 e. The van der Waals surface area contributed by atoms with Crippen molar-refractivity contribution in [2.45, 2.75) is 0 Å². The number of hydrogen-bond donors (Lipinski definition) is 0. The van der Waals surface area contributed by atoms with E-state index in [9.17, 15) is 0 Å². The van der Waals surface area contributed by atoms with Crippen LogP contribution in [0.25, 0.3) is 0 Å². The molecule has 0 rings (SSSR count). The van der Waals surface area contributed by atoms with Crippen LogP contribution in [0, 0.1) is 0 Å². The van der Waals surface area contributed by atoms with Gasteiger partial charge in [-0.05, 0) is 0 Å². The van der Waals surface area contributed by atoms with Gasteiger partial charge in [0, 0.05) is 29.6 Å². The molecule has 0 saturated carbocycles. The van der Waals surface area contributed by atoms with Gasteiger partial charge in [-0.2, -0.15) is 0 Å². The molecule has 0 bridgehead atoms. The Kier molecular flexibility index (Phi) is 17.1. The molecular weight excluding hydrogens is 139 g/mol. The van der Waals surface area contributed by atoms with E-state index in [1.807, 2.05) is 0 Å². The Hall–Kier alpha value is 1.57.